The van der Waals surface area contributed by atoms with Crippen molar-refractivity contribution in [2.24, 2.45) is 0 Å². The van der Waals surface area contributed by atoms with E-state index in [4.69, 9.17) is 0 Å². The average molecular weight is 312 g/mol. The number of fused-ring (bicyclic) bond motifs is 1. The highest BCUT2D eigenvalue weighted by Crippen LogP contribution is 2.38. The predicted molar refractivity (Wildman–Crippen MR) is 87.7 cm³/mol. The molecule has 1 amide bonds. The number of benzene rings is 1. The number of amides is 1. The van der Waals surface area contributed by atoms with Crippen molar-refractivity contribution in [3.05, 3.63) is 63.4 Å². The van der Waals surface area contributed by atoms with E-state index in [0.29, 0.717) is 17.7 Å². The number of hydrogen-bond donors (Lipinski definition) is 1. The van der Waals surface area contributed by atoms with Crippen LogP contribution in [-0.4, -0.2) is 27.0 Å². The van der Waals surface area contributed by atoms with Crippen molar-refractivity contribution >= 4 is 5.91 Å². The molecule has 0 saturated carbocycles. The van der Waals surface area contributed by atoms with E-state index in [1.165, 1.54) is 10.6 Å². The Morgan fingerprint density at radius 2 is 1.87 bits per heavy atom. The summed E-state index contributed by atoms with van der Waals surface area (Å²) in [5, 5.41) is 10.6. The topological polar surface area (TPSA) is 62.5 Å². The second kappa shape index (κ2) is 5.91. The summed E-state index contributed by atoms with van der Waals surface area (Å²) in [4.78, 5) is 26.5. The van der Waals surface area contributed by atoms with E-state index in [9.17, 15) is 14.7 Å². The summed E-state index contributed by atoms with van der Waals surface area (Å²) in [7, 11) is 0. The second-order valence-corrected chi connectivity index (χ2v) is 5.88. The lowest BCUT2D eigenvalue weighted by Crippen LogP contribution is -2.27. The molecule has 2 heterocycles. The van der Waals surface area contributed by atoms with Crippen molar-refractivity contribution in [1.29, 1.82) is 0 Å². The van der Waals surface area contributed by atoms with Gasteiger partial charge < -0.3 is 10.0 Å². The highest BCUT2D eigenvalue weighted by molar-refractivity contribution is 5.99. The van der Waals surface area contributed by atoms with Crippen LogP contribution in [0.15, 0.2) is 41.2 Å². The lowest BCUT2D eigenvalue weighted by molar-refractivity contribution is 0.0737. The summed E-state index contributed by atoms with van der Waals surface area (Å²) in [6.45, 7) is 4.78. The lowest BCUT2D eigenvalue weighted by atomic mass is 10.1. The molecular formula is C18H20N2O3. The van der Waals surface area contributed by atoms with Gasteiger partial charge in [0.05, 0.1) is 18.2 Å². The number of nitrogens with zero attached hydrogens (tertiary/aromatic N) is 2. The summed E-state index contributed by atoms with van der Waals surface area (Å²) in [5.41, 5.74) is 1.45. The smallest absolute Gasteiger partial charge is 0.255 e. The molecule has 0 aliphatic carbocycles. The summed E-state index contributed by atoms with van der Waals surface area (Å²) >= 11 is 0. The van der Waals surface area contributed by atoms with Gasteiger partial charge in [-0.05, 0) is 18.9 Å². The van der Waals surface area contributed by atoms with E-state index < -0.39 is 0 Å². The third-order valence-electron chi connectivity index (χ3n) is 4.35. The maximum absolute atomic E-state index is 12.4. The zero-order chi connectivity index (χ0) is 16.6. The Bertz CT molecular complexity index is 796. The summed E-state index contributed by atoms with van der Waals surface area (Å²) in [6, 6.07) is 10.6. The number of carbonyl (C=O) groups is 1. The number of carbonyl (C=O) groups excluding carboxylic acids is 1. The Kier molecular flexibility index (Phi) is 3.94. The molecule has 1 aliphatic heterocycles. The molecule has 1 N–H and O–H groups in total. The molecule has 1 aromatic carbocycles. The summed E-state index contributed by atoms with van der Waals surface area (Å²) in [6.07, 6.45) is 0.832. The molecule has 1 aliphatic rings. The van der Waals surface area contributed by atoms with Gasteiger partial charge in [-0.3, -0.25) is 14.2 Å². The van der Waals surface area contributed by atoms with Crippen LogP contribution in [0.2, 0.25) is 0 Å². The van der Waals surface area contributed by atoms with Crippen molar-refractivity contribution in [2.75, 3.05) is 6.54 Å². The van der Waals surface area contributed by atoms with Gasteiger partial charge in [0.2, 0.25) is 0 Å². The Hall–Kier alpha value is -2.56. The number of rotatable bonds is 4. The predicted octanol–water partition coefficient (Wildman–Crippen LogP) is 2.53. The average Bonchev–Trinajstić information content (AvgIpc) is 2.77. The lowest BCUT2D eigenvalue weighted by Gasteiger charge is -2.21. The molecule has 0 fully saturated rings. The van der Waals surface area contributed by atoms with Crippen LogP contribution in [0.1, 0.15) is 47.8 Å². The highest BCUT2D eigenvalue weighted by atomic mass is 16.3. The molecule has 2 aromatic rings. The molecule has 1 atom stereocenters. The largest absolute Gasteiger partial charge is 0.494 e. The Labute approximate surface area is 134 Å². The third kappa shape index (κ3) is 2.52. The second-order valence-electron chi connectivity index (χ2n) is 5.88. The zero-order valence-electron chi connectivity index (χ0n) is 13.3. The van der Waals surface area contributed by atoms with Crippen molar-refractivity contribution in [1.82, 2.24) is 9.47 Å². The number of aromatic nitrogens is 1. The molecule has 0 radical (unpaired) electrons. The fraction of sp³-hybridized carbons (Fsp3) is 0.333. The van der Waals surface area contributed by atoms with Crippen LogP contribution in [0.4, 0.5) is 0 Å². The quantitative estimate of drug-likeness (QED) is 0.943. The minimum Gasteiger partial charge on any atom is -0.494 e. The first-order chi connectivity index (χ1) is 11.0. The van der Waals surface area contributed by atoms with Crippen LogP contribution in [-0.2, 0) is 6.54 Å². The Balaban J connectivity index is 2.07. The minimum absolute atomic E-state index is 0.101. The molecule has 3 rings (SSSR count). The van der Waals surface area contributed by atoms with Crippen LogP contribution < -0.4 is 5.56 Å². The maximum atomic E-state index is 12.4. The minimum atomic E-state index is -0.357. The number of pyridine rings is 1. The fourth-order valence-corrected chi connectivity index (χ4v) is 3.18. The van der Waals surface area contributed by atoms with E-state index in [0.717, 1.165) is 12.0 Å². The van der Waals surface area contributed by atoms with Gasteiger partial charge in [0.1, 0.15) is 0 Å². The zero-order valence-corrected chi connectivity index (χ0v) is 13.3. The molecule has 0 bridgehead atoms. The first kappa shape index (κ1) is 15.3. The van der Waals surface area contributed by atoms with Gasteiger partial charge in [0.25, 0.3) is 11.5 Å². The number of hydrogen-bond acceptors (Lipinski definition) is 3. The van der Waals surface area contributed by atoms with Crippen molar-refractivity contribution in [2.45, 2.75) is 32.9 Å². The maximum Gasteiger partial charge on any atom is 0.255 e. The highest BCUT2D eigenvalue weighted by Gasteiger charge is 2.37. The van der Waals surface area contributed by atoms with E-state index in [2.05, 4.69) is 0 Å². The molecule has 0 spiro atoms. The molecular weight excluding hydrogens is 292 g/mol. The van der Waals surface area contributed by atoms with Gasteiger partial charge in [0, 0.05) is 18.2 Å². The van der Waals surface area contributed by atoms with Crippen LogP contribution in [0.25, 0.3) is 0 Å². The van der Waals surface area contributed by atoms with Crippen LogP contribution in [0.3, 0.4) is 0 Å². The van der Waals surface area contributed by atoms with Crippen molar-refractivity contribution < 1.29 is 9.90 Å². The molecule has 5 heteroatoms. The van der Waals surface area contributed by atoms with Crippen LogP contribution in [0, 0.1) is 0 Å². The molecule has 0 saturated heterocycles. The van der Waals surface area contributed by atoms with Crippen molar-refractivity contribution in [3.8, 4) is 5.88 Å². The summed E-state index contributed by atoms with van der Waals surface area (Å²) in [5.74, 6) is -0.274. The van der Waals surface area contributed by atoms with E-state index >= 15 is 0 Å². The third-order valence-corrected chi connectivity index (χ3v) is 4.35. The van der Waals surface area contributed by atoms with Crippen molar-refractivity contribution in [3.63, 3.8) is 0 Å². The SMILES string of the molecule is CCCN1C(=O)c2cc(=O)n(Cc3ccccc3)c(O)c2[C@@H]1C. The Morgan fingerprint density at radius 3 is 2.52 bits per heavy atom. The Morgan fingerprint density at radius 1 is 1.17 bits per heavy atom. The normalized spacial score (nSPS) is 16.7. The molecule has 120 valence electrons. The van der Waals surface area contributed by atoms with Gasteiger partial charge in [-0.15, -0.1) is 0 Å². The van der Waals surface area contributed by atoms with Gasteiger partial charge in [-0.1, -0.05) is 37.3 Å². The molecule has 1 aromatic heterocycles. The molecule has 23 heavy (non-hydrogen) atoms. The van der Waals surface area contributed by atoms with E-state index in [1.807, 2.05) is 44.2 Å². The monoisotopic (exact) mass is 312 g/mol. The fourth-order valence-electron chi connectivity index (χ4n) is 3.18. The van der Waals surface area contributed by atoms with E-state index in [1.54, 1.807) is 4.90 Å². The molecule has 0 unspecified atom stereocenters. The summed E-state index contributed by atoms with van der Waals surface area (Å²) < 4.78 is 1.33. The van der Waals surface area contributed by atoms with Gasteiger partial charge in [-0.25, -0.2) is 0 Å². The standard InChI is InChI=1S/C18H20N2O3/c1-3-9-19-12(2)16-14(17(19)22)10-15(21)20(18(16)23)11-13-7-5-4-6-8-13/h4-8,10,12,23H,3,9,11H2,1-2H3/t12-/m0/s1. The van der Waals surface area contributed by atoms with E-state index in [-0.39, 0.29) is 29.9 Å². The first-order valence-electron chi connectivity index (χ1n) is 7.86. The number of aromatic hydroxyl groups is 1. The molecule has 5 nitrogen and oxygen atoms in total. The van der Waals surface area contributed by atoms with Gasteiger partial charge >= 0.3 is 0 Å². The van der Waals surface area contributed by atoms with Gasteiger partial charge in [-0.2, -0.15) is 0 Å². The first-order valence-corrected chi connectivity index (χ1v) is 7.86. The van der Waals surface area contributed by atoms with Crippen LogP contribution in [0.5, 0.6) is 5.88 Å². The van der Waals surface area contributed by atoms with Crippen LogP contribution >= 0.6 is 0 Å². The van der Waals surface area contributed by atoms with Gasteiger partial charge in [0.15, 0.2) is 5.88 Å².